The second-order valence-electron chi connectivity index (χ2n) is 9.65. The highest BCUT2D eigenvalue weighted by Crippen LogP contribution is 2.37. The van der Waals surface area contributed by atoms with E-state index < -0.39 is 28.8 Å². The van der Waals surface area contributed by atoms with Gasteiger partial charge >= 0.3 is 5.97 Å². The quantitative estimate of drug-likeness (QED) is 0.312. The van der Waals surface area contributed by atoms with Gasteiger partial charge in [-0.25, -0.2) is 9.78 Å². The number of carboxylic acid groups (broad SMARTS) is 1. The lowest BCUT2D eigenvalue weighted by molar-refractivity contribution is -0.143. The molecule has 6 nitrogen and oxygen atoms in total. The number of benzene rings is 2. The Kier molecular flexibility index (Phi) is 7.52. The van der Waals surface area contributed by atoms with Gasteiger partial charge in [-0.1, -0.05) is 87.6 Å². The lowest BCUT2D eigenvalue weighted by Crippen LogP contribution is -2.61. The fourth-order valence-electron chi connectivity index (χ4n) is 4.15. The van der Waals surface area contributed by atoms with Gasteiger partial charge in [-0.05, 0) is 46.7 Å². The maximum atomic E-state index is 13.7. The van der Waals surface area contributed by atoms with Crippen LogP contribution in [0.15, 0.2) is 66.8 Å². The van der Waals surface area contributed by atoms with Gasteiger partial charge in [0.2, 0.25) is 0 Å². The van der Waals surface area contributed by atoms with Gasteiger partial charge in [0.25, 0.3) is 5.91 Å². The molecule has 0 bridgehead atoms. The molecule has 0 saturated heterocycles. The Bertz CT molecular complexity index is 1330. The van der Waals surface area contributed by atoms with E-state index in [1.54, 1.807) is 19.9 Å². The third-order valence-corrected chi connectivity index (χ3v) is 7.79. The Labute approximate surface area is 220 Å². The van der Waals surface area contributed by atoms with Crippen molar-refractivity contribution in [2.75, 3.05) is 5.32 Å². The number of thiazole rings is 1. The minimum absolute atomic E-state index is 0.308. The summed E-state index contributed by atoms with van der Waals surface area (Å²) in [5.74, 6) is -1.55. The number of carbonyl (C=O) groups is 2. The predicted molar refractivity (Wildman–Crippen MR) is 148 cm³/mol. The van der Waals surface area contributed by atoms with Crippen molar-refractivity contribution in [1.29, 1.82) is 0 Å². The van der Waals surface area contributed by atoms with Gasteiger partial charge in [0.1, 0.15) is 6.04 Å². The van der Waals surface area contributed by atoms with Crippen LogP contribution in [0.25, 0.3) is 15.8 Å². The molecular formula is C28H30ClN3O3S. The van der Waals surface area contributed by atoms with Crippen molar-refractivity contribution in [2.45, 2.75) is 50.6 Å². The fraction of sp³-hybridized carbons (Fsp3) is 0.321. The molecule has 2 unspecified atom stereocenters. The number of amides is 1. The van der Waals surface area contributed by atoms with Gasteiger partial charge in [-0.2, -0.15) is 0 Å². The summed E-state index contributed by atoms with van der Waals surface area (Å²) in [7, 11) is 0. The molecule has 1 amide bonds. The molecule has 3 aromatic rings. The van der Waals surface area contributed by atoms with Crippen LogP contribution < -0.4 is 10.6 Å². The second-order valence-corrected chi connectivity index (χ2v) is 11.2. The standard InChI is InChI=1S/C28H30ClN3O3S/c1-16(2)19-10-11-21-22(14-19)36-27(30-21)32-28(26(35)31-24(17(3)4)25(33)34)13-12-20(15-23(28)29)18-8-6-5-7-9-18/h5-17,23-24H,1-4H3,(H,30,32)(H,31,35)(H,33,34)/t23?,24-,28?/m0/s1. The Morgan fingerprint density at radius 1 is 1.11 bits per heavy atom. The van der Waals surface area contributed by atoms with Crippen LogP contribution in [-0.4, -0.2) is 38.9 Å². The zero-order valence-electron chi connectivity index (χ0n) is 20.7. The summed E-state index contributed by atoms with van der Waals surface area (Å²) in [4.78, 5) is 30.3. The average Bonchev–Trinajstić information content (AvgIpc) is 3.25. The summed E-state index contributed by atoms with van der Waals surface area (Å²) < 4.78 is 0.997. The minimum atomic E-state index is -1.43. The highest BCUT2D eigenvalue weighted by atomic mass is 35.5. The molecule has 3 N–H and O–H groups in total. The molecule has 8 heteroatoms. The minimum Gasteiger partial charge on any atom is -0.480 e. The molecule has 0 aliphatic heterocycles. The van der Waals surface area contributed by atoms with Crippen molar-refractivity contribution in [3.8, 4) is 0 Å². The Hall–Kier alpha value is -3.16. The number of hydrogen-bond acceptors (Lipinski definition) is 5. The SMILES string of the molecule is CC(C)c1ccc2nc(NC3(C(=O)N[C@H](C(=O)O)C(C)C)C=CC(c4ccccc4)=CC3Cl)sc2c1. The highest BCUT2D eigenvalue weighted by molar-refractivity contribution is 7.22. The van der Waals surface area contributed by atoms with Crippen LogP contribution in [0.3, 0.4) is 0 Å². The molecule has 4 rings (SSSR count). The predicted octanol–water partition coefficient (Wildman–Crippen LogP) is 6.06. The molecule has 3 atom stereocenters. The number of aliphatic carboxylic acids is 1. The number of carbonyl (C=O) groups excluding carboxylic acids is 1. The summed E-state index contributed by atoms with van der Waals surface area (Å²) >= 11 is 8.35. The number of fused-ring (bicyclic) bond motifs is 1. The van der Waals surface area contributed by atoms with E-state index in [0.29, 0.717) is 11.0 Å². The van der Waals surface area contributed by atoms with Crippen LogP contribution in [0.1, 0.15) is 44.7 Å². The Balaban J connectivity index is 1.73. The molecule has 0 radical (unpaired) electrons. The molecule has 1 aliphatic carbocycles. The summed E-state index contributed by atoms with van der Waals surface area (Å²) in [6.45, 7) is 7.77. The number of hydrogen-bond donors (Lipinski definition) is 3. The first-order valence-corrected chi connectivity index (χ1v) is 13.2. The maximum Gasteiger partial charge on any atom is 0.326 e. The summed E-state index contributed by atoms with van der Waals surface area (Å²) in [5, 5.41) is 15.4. The molecule has 2 aromatic carbocycles. The lowest BCUT2D eigenvalue weighted by Gasteiger charge is -2.37. The number of alkyl halides is 1. The first kappa shape index (κ1) is 25.9. The van der Waals surface area contributed by atoms with Crippen LogP contribution in [-0.2, 0) is 9.59 Å². The monoisotopic (exact) mass is 523 g/mol. The van der Waals surface area contributed by atoms with Crippen molar-refractivity contribution in [1.82, 2.24) is 10.3 Å². The van der Waals surface area contributed by atoms with Crippen molar-refractivity contribution < 1.29 is 14.7 Å². The van der Waals surface area contributed by atoms with Gasteiger partial charge < -0.3 is 15.7 Å². The third kappa shape index (κ3) is 5.18. The molecule has 1 aliphatic rings. The van der Waals surface area contributed by atoms with Gasteiger partial charge in [-0.15, -0.1) is 11.6 Å². The van der Waals surface area contributed by atoms with Crippen molar-refractivity contribution in [3.05, 3.63) is 77.9 Å². The van der Waals surface area contributed by atoms with Gasteiger partial charge in [-0.3, -0.25) is 4.79 Å². The smallest absolute Gasteiger partial charge is 0.326 e. The number of nitrogens with zero attached hydrogens (tertiary/aromatic N) is 1. The van der Waals surface area contributed by atoms with E-state index >= 15 is 0 Å². The normalized spacial score (nSPS) is 20.4. The highest BCUT2D eigenvalue weighted by Gasteiger charge is 2.46. The summed E-state index contributed by atoms with van der Waals surface area (Å²) in [6.07, 6.45) is 5.38. The van der Waals surface area contributed by atoms with E-state index in [9.17, 15) is 14.7 Å². The van der Waals surface area contributed by atoms with Crippen LogP contribution in [0.4, 0.5) is 5.13 Å². The first-order valence-electron chi connectivity index (χ1n) is 11.9. The van der Waals surface area contributed by atoms with Gasteiger partial charge in [0.15, 0.2) is 10.7 Å². The Morgan fingerprint density at radius 2 is 1.83 bits per heavy atom. The van der Waals surface area contributed by atoms with Gasteiger partial charge in [0.05, 0.1) is 15.6 Å². The largest absolute Gasteiger partial charge is 0.480 e. The second kappa shape index (κ2) is 10.4. The zero-order chi connectivity index (χ0) is 26.0. The Morgan fingerprint density at radius 3 is 2.44 bits per heavy atom. The summed E-state index contributed by atoms with van der Waals surface area (Å²) in [6, 6.07) is 14.8. The maximum absolute atomic E-state index is 13.7. The molecular weight excluding hydrogens is 494 g/mol. The number of allylic oxidation sites excluding steroid dienone is 2. The summed E-state index contributed by atoms with van der Waals surface area (Å²) in [5.41, 5.74) is 2.44. The van der Waals surface area contributed by atoms with Crippen molar-refractivity contribution in [2.24, 2.45) is 5.92 Å². The van der Waals surface area contributed by atoms with Gasteiger partial charge in [0, 0.05) is 0 Å². The molecule has 0 fully saturated rings. The molecule has 36 heavy (non-hydrogen) atoms. The van der Waals surface area contributed by atoms with E-state index in [1.165, 1.54) is 16.9 Å². The number of rotatable bonds is 8. The van der Waals surface area contributed by atoms with E-state index in [1.807, 2.05) is 48.6 Å². The van der Waals surface area contributed by atoms with E-state index in [0.717, 1.165) is 21.4 Å². The molecule has 1 aromatic heterocycles. The molecule has 0 saturated carbocycles. The molecule has 188 valence electrons. The first-order chi connectivity index (χ1) is 17.1. The van der Waals surface area contributed by atoms with Crippen LogP contribution in [0.2, 0.25) is 0 Å². The number of anilines is 1. The van der Waals surface area contributed by atoms with Crippen LogP contribution in [0.5, 0.6) is 0 Å². The van der Waals surface area contributed by atoms with Crippen LogP contribution >= 0.6 is 22.9 Å². The molecule has 1 heterocycles. The number of nitrogens with one attached hydrogen (secondary N) is 2. The zero-order valence-corrected chi connectivity index (χ0v) is 22.2. The van der Waals surface area contributed by atoms with E-state index in [4.69, 9.17) is 16.6 Å². The van der Waals surface area contributed by atoms with Crippen molar-refractivity contribution >= 4 is 55.7 Å². The van der Waals surface area contributed by atoms with E-state index in [2.05, 4.69) is 36.6 Å². The van der Waals surface area contributed by atoms with Crippen molar-refractivity contribution in [3.63, 3.8) is 0 Å². The lowest BCUT2D eigenvalue weighted by atomic mass is 9.84. The fourth-order valence-corrected chi connectivity index (χ4v) is 5.50. The number of aromatic nitrogens is 1. The van der Waals surface area contributed by atoms with E-state index in [-0.39, 0.29) is 5.92 Å². The third-order valence-electron chi connectivity index (χ3n) is 6.38. The molecule has 0 spiro atoms. The van der Waals surface area contributed by atoms with Crippen LogP contribution in [0, 0.1) is 5.92 Å². The average molecular weight is 524 g/mol. The number of halogens is 1. The topological polar surface area (TPSA) is 91.3 Å². The number of carboxylic acids is 1.